The number of allylic oxidation sites excluding steroid dienone is 1. The van der Waals surface area contributed by atoms with Crippen LogP contribution in [0.2, 0.25) is 5.02 Å². The lowest BCUT2D eigenvalue weighted by atomic mass is 9.68. The number of hydrogen-bond acceptors (Lipinski definition) is 6. The summed E-state index contributed by atoms with van der Waals surface area (Å²) in [5.41, 5.74) is 3.05. The largest absolute Gasteiger partial charge is 0.490 e. The summed E-state index contributed by atoms with van der Waals surface area (Å²) < 4.78 is 41.4. The molecule has 2 heterocycles. The molecule has 7 nitrogen and oxygen atoms in total. The van der Waals surface area contributed by atoms with Crippen LogP contribution in [-0.4, -0.2) is 47.2 Å². The van der Waals surface area contributed by atoms with Crippen molar-refractivity contribution in [2.24, 2.45) is 11.8 Å². The smallest absolute Gasteiger partial charge is 0.264 e. The van der Waals surface area contributed by atoms with Gasteiger partial charge in [-0.05, 0) is 105 Å². The van der Waals surface area contributed by atoms with Crippen molar-refractivity contribution in [3.63, 3.8) is 0 Å². The van der Waals surface area contributed by atoms with Crippen molar-refractivity contribution >= 4 is 33.2 Å². The summed E-state index contributed by atoms with van der Waals surface area (Å²) in [7, 11) is -2.24. The van der Waals surface area contributed by atoms with E-state index in [4.69, 9.17) is 21.1 Å². The Labute approximate surface area is 248 Å². The molecular formula is C32H39ClN2O5S. The third-order valence-corrected chi connectivity index (χ3v) is 11.1. The summed E-state index contributed by atoms with van der Waals surface area (Å²) >= 11 is 6.39. The van der Waals surface area contributed by atoms with E-state index < -0.39 is 15.9 Å². The Morgan fingerprint density at radius 3 is 2.78 bits per heavy atom. The highest BCUT2D eigenvalue weighted by Crippen LogP contribution is 2.47. The van der Waals surface area contributed by atoms with E-state index in [9.17, 15) is 13.2 Å². The number of aryl methyl sites for hydroxylation is 1. The topological polar surface area (TPSA) is 84.9 Å². The number of anilines is 1. The lowest BCUT2D eigenvalue weighted by Gasteiger charge is -2.46. The van der Waals surface area contributed by atoms with Crippen LogP contribution in [0.4, 0.5) is 5.69 Å². The predicted molar refractivity (Wildman–Crippen MR) is 160 cm³/mol. The molecule has 1 amide bonds. The molecule has 6 rings (SSSR count). The van der Waals surface area contributed by atoms with Gasteiger partial charge in [0.25, 0.3) is 10.0 Å². The standard InChI is InChI=1S/C32H39ClN2O5S/c1-39-29-8-4-2-3-5-9-31(36)34-41(37,38)25-12-15-30-28(18-25)35(19-23-10-13-26(23)29)20-32(21-40-30)16-6-7-22-17-24(33)11-14-27(22)32/h4,8,11-12,14-15,17-18,23,26,29H,2-3,5-7,9-10,13,16,19-21H2,1H3,(H,34,36)/b8-4-/t23-,26+,29-,32-/m0/s1. The molecule has 1 N–H and O–H groups in total. The van der Waals surface area contributed by atoms with Crippen LogP contribution in [0.5, 0.6) is 5.75 Å². The van der Waals surface area contributed by atoms with Crippen molar-refractivity contribution in [2.45, 2.75) is 74.2 Å². The Morgan fingerprint density at radius 1 is 1.10 bits per heavy atom. The molecular weight excluding hydrogens is 560 g/mol. The molecule has 2 aliphatic heterocycles. The first kappa shape index (κ1) is 28.6. The van der Waals surface area contributed by atoms with Gasteiger partial charge < -0.3 is 14.4 Å². The van der Waals surface area contributed by atoms with Crippen LogP contribution < -0.4 is 14.4 Å². The molecule has 2 bridgehead atoms. The zero-order valence-corrected chi connectivity index (χ0v) is 25.2. The Hall–Kier alpha value is -2.55. The van der Waals surface area contributed by atoms with Gasteiger partial charge in [-0.3, -0.25) is 4.79 Å². The fraction of sp³-hybridized carbons (Fsp3) is 0.531. The second kappa shape index (κ2) is 11.6. The van der Waals surface area contributed by atoms with E-state index >= 15 is 0 Å². The number of rotatable bonds is 1. The van der Waals surface area contributed by atoms with Crippen LogP contribution >= 0.6 is 11.6 Å². The molecule has 4 aliphatic rings. The highest BCUT2D eigenvalue weighted by Gasteiger charge is 2.44. The number of carbonyl (C=O) groups excluding carboxylic acids is 1. The van der Waals surface area contributed by atoms with Crippen LogP contribution in [0, 0.1) is 11.8 Å². The van der Waals surface area contributed by atoms with Crippen LogP contribution in [0.25, 0.3) is 0 Å². The zero-order chi connectivity index (χ0) is 28.6. The van der Waals surface area contributed by atoms with Crippen molar-refractivity contribution in [1.29, 1.82) is 0 Å². The number of carbonyl (C=O) groups is 1. The maximum absolute atomic E-state index is 13.3. The van der Waals surface area contributed by atoms with E-state index in [0.29, 0.717) is 37.2 Å². The fourth-order valence-corrected chi connectivity index (χ4v) is 8.46. The molecule has 1 fully saturated rings. The average Bonchev–Trinajstić information content (AvgIpc) is 3.08. The molecule has 2 aromatic rings. The van der Waals surface area contributed by atoms with Gasteiger partial charge in [0.15, 0.2) is 0 Å². The Balaban J connectivity index is 1.42. The number of benzene rings is 2. The zero-order valence-electron chi connectivity index (χ0n) is 23.6. The highest BCUT2D eigenvalue weighted by molar-refractivity contribution is 7.90. The third kappa shape index (κ3) is 5.75. The first-order valence-corrected chi connectivity index (χ1v) is 16.7. The second-order valence-corrected chi connectivity index (χ2v) is 14.3. The first-order chi connectivity index (χ1) is 19.8. The fourth-order valence-electron chi connectivity index (χ4n) is 7.23. The van der Waals surface area contributed by atoms with E-state index in [-0.39, 0.29) is 22.8 Å². The number of ether oxygens (including phenoxy) is 2. The third-order valence-electron chi connectivity index (χ3n) is 9.54. The lowest BCUT2D eigenvalue weighted by molar-refractivity contribution is -0.119. The van der Waals surface area contributed by atoms with Crippen molar-refractivity contribution in [3.8, 4) is 5.75 Å². The number of methoxy groups -OCH3 is 1. The summed E-state index contributed by atoms with van der Waals surface area (Å²) in [4.78, 5) is 15.0. The van der Waals surface area contributed by atoms with Gasteiger partial charge >= 0.3 is 0 Å². The predicted octanol–water partition coefficient (Wildman–Crippen LogP) is 5.79. The first-order valence-electron chi connectivity index (χ1n) is 14.8. The van der Waals surface area contributed by atoms with Gasteiger partial charge in [0, 0.05) is 37.1 Å². The summed E-state index contributed by atoms with van der Waals surface area (Å²) in [6.45, 7) is 1.99. The van der Waals surface area contributed by atoms with Crippen LogP contribution in [-0.2, 0) is 31.4 Å². The minimum absolute atomic E-state index is 0.0358. The molecule has 0 unspecified atom stereocenters. The van der Waals surface area contributed by atoms with Gasteiger partial charge in [0.2, 0.25) is 5.91 Å². The summed E-state index contributed by atoms with van der Waals surface area (Å²) in [5, 5.41) is 0.743. The molecule has 0 saturated heterocycles. The Morgan fingerprint density at radius 2 is 1.98 bits per heavy atom. The maximum Gasteiger partial charge on any atom is 0.264 e. The monoisotopic (exact) mass is 598 g/mol. The number of hydrogen-bond donors (Lipinski definition) is 1. The SMILES string of the molecule is CO[C@H]1/C=C\CCCCC(=O)NS(=O)(=O)c2ccc3c(c2)N(C[C@@H]2CC[C@H]21)C[C@@]1(CCCc2cc(Cl)ccc21)CO3. The molecule has 2 aromatic carbocycles. The summed E-state index contributed by atoms with van der Waals surface area (Å²) in [6.07, 6.45) is 12.0. The van der Waals surface area contributed by atoms with Crippen LogP contribution in [0.1, 0.15) is 62.5 Å². The van der Waals surface area contributed by atoms with E-state index in [1.165, 1.54) is 11.1 Å². The number of nitrogens with zero attached hydrogens (tertiary/aromatic N) is 1. The minimum Gasteiger partial charge on any atom is -0.490 e. The van der Waals surface area contributed by atoms with E-state index in [1.807, 2.05) is 6.07 Å². The van der Waals surface area contributed by atoms with Gasteiger partial charge in [-0.25, -0.2) is 13.1 Å². The number of fused-ring (bicyclic) bond motifs is 4. The van der Waals surface area contributed by atoms with E-state index in [0.717, 1.165) is 62.2 Å². The van der Waals surface area contributed by atoms with Crippen molar-refractivity contribution < 1.29 is 22.7 Å². The molecule has 0 radical (unpaired) electrons. The summed E-state index contributed by atoms with van der Waals surface area (Å²) in [5.74, 6) is 0.982. The quantitative estimate of drug-likeness (QED) is 0.418. The van der Waals surface area contributed by atoms with Gasteiger partial charge in [0.1, 0.15) is 5.75 Å². The van der Waals surface area contributed by atoms with Gasteiger partial charge in [0.05, 0.1) is 23.3 Å². The number of sulfonamides is 1. The van der Waals surface area contributed by atoms with Gasteiger partial charge in [-0.15, -0.1) is 0 Å². The van der Waals surface area contributed by atoms with Crippen molar-refractivity contribution in [1.82, 2.24) is 4.72 Å². The summed E-state index contributed by atoms with van der Waals surface area (Å²) in [6, 6.07) is 11.2. The second-order valence-electron chi connectivity index (χ2n) is 12.1. The minimum atomic E-state index is -4.02. The van der Waals surface area contributed by atoms with Crippen molar-refractivity contribution in [3.05, 3.63) is 64.7 Å². The molecule has 41 heavy (non-hydrogen) atoms. The molecule has 220 valence electrons. The molecule has 2 aliphatic carbocycles. The highest BCUT2D eigenvalue weighted by atomic mass is 35.5. The normalized spacial score (nSPS) is 30.4. The molecule has 1 spiro atoms. The van der Waals surface area contributed by atoms with E-state index in [1.54, 1.807) is 25.3 Å². The molecule has 1 saturated carbocycles. The number of halogens is 1. The molecule has 4 atom stereocenters. The van der Waals surface area contributed by atoms with E-state index in [2.05, 4.69) is 33.9 Å². The number of nitrogens with one attached hydrogen (secondary N) is 1. The Bertz CT molecular complexity index is 1440. The van der Waals surface area contributed by atoms with Crippen molar-refractivity contribution in [2.75, 3.05) is 31.7 Å². The van der Waals surface area contributed by atoms with Crippen LogP contribution in [0.3, 0.4) is 0 Å². The maximum atomic E-state index is 13.3. The van der Waals surface area contributed by atoms with Gasteiger partial charge in [-0.2, -0.15) is 0 Å². The molecule has 9 heteroatoms. The average molecular weight is 599 g/mol. The molecule has 0 aromatic heterocycles. The van der Waals surface area contributed by atoms with Gasteiger partial charge in [-0.1, -0.05) is 29.8 Å². The number of amides is 1. The van der Waals surface area contributed by atoms with Crippen LogP contribution in [0.15, 0.2) is 53.4 Å². The Kier molecular flexibility index (Phi) is 8.09. The lowest BCUT2D eigenvalue weighted by Crippen LogP contribution is -2.49.